The summed E-state index contributed by atoms with van der Waals surface area (Å²) < 4.78 is 2.78. The molecule has 0 spiro atoms. The number of aryl methyl sites for hydroxylation is 1. The Bertz CT molecular complexity index is 643. The third-order valence-corrected chi connectivity index (χ3v) is 5.03. The van der Waals surface area contributed by atoms with Gasteiger partial charge in [-0.1, -0.05) is 34.1 Å². The van der Waals surface area contributed by atoms with Gasteiger partial charge in [0.25, 0.3) is 0 Å². The van der Waals surface area contributed by atoms with Crippen molar-refractivity contribution in [1.82, 2.24) is 19.7 Å². The van der Waals surface area contributed by atoms with Gasteiger partial charge < -0.3 is 0 Å². The van der Waals surface area contributed by atoms with Crippen LogP contribution in [0.3, 0.4) is 0 Å². The minimum absolute atomic E-state index is 0.0645. The van der Waals surface area contributed by atoms with Crippen LogP contribution < -0.4 is 0 Å². The highest BCUT2D eigenvalue weighted by atomic mass is 32.1. The summed E-state index contributed by atoms with van der Waals surface area (Å²) in [4.78, 5) is 5.83. The first-order valence-corrected chi connectivity index (χ1v) is 8.20. The third kappa shape index (κ3) is 3.01. The minimum Gasteiger partial charge on any atom is -0.299 e. The van der Waals surface area contributed by atoms with E-state index in [1.54, 1.807) is 11.3 Å². The molecule has 0 aliphatic carbocycles. The summed E-state index contributed by atoms with van der Waals surface area (Å²) in [5.41, 5.74) is 1.10. The molecular formula is C14H22N4S2. The van der Waals surface area contributed by atoms with Gasteiger partial charge in [0.15, 0.2) is 10.6 Å². The molecule has 2 aromatic heterocycles. The number of aromatic amines is 1. The molecule has 0 amide bonds. The van der Waals surface area contributed by atoms with E-state index >= 15 is 0 Å². The van der Waals surface area contributed by atoms with E-state index < -0.39 is 0 Å². The normalized spacial score (nSPS) is 12.1. The van der Waals surface area contributed by atoms with Crippen LogP contribution in [0.5, 0.6) is 0 Å². The van der Waals surface area contributed by atoms with E-state index in [0.717, 1.165) is 40.8 Å². The molecule has 0 unspecified atom stereocenters. The van der Waals surface area contributed by atoms with Crippen molar-refractivity contribution in [2.75, 3.05) is 0 Å². The quantitative estimate of drug-likeness (QED) is 0.847. The summed E-state index contributed by atoms with van der Waals surface area (Å²) in [6, 6.07) is 0. The highest BCUT2D eigenvalue weighted by Crippen LogP contribution is 2.34. The number of aromatic nitrogens is 4. The minimum atomic E-state index is 0.0645. The van der Waals surface area contributed by atoms with E-state index in [4.69, 9.17) is 17.2 Å². The molecule has 2 heterocycles. The second-order valence-electron chi connectivity index (χ2n) is 6.04. The van der Waals surface area contributed by atoms with E-state index in [1.165, 1.54) is 0 Å². The van der Waals surface area contributed by atoms with Crippen molar-refractivity contribution in [2.45, 2.75) is 59.4 Å². The average molecular weight is 310 g/mol. The van der Waals surface area contributed by atoms with E-state index in [-0.39, 0.29) is 5.41 Å². The van der Waals surface area contributed by atoms with Gasteiger partial charge in [-0.05, 0) is 25.6 Å². The molecule has 0 fully saturated rings. The van der Waals surface area contributed by atoms with Gasteiger partial charge in [-0.15, -0.1) is 11.3 Å². The van der Waals surface area contributed by atoms with E-state index in [0.29, 0.717) is 4.77 Å². The number of H-pyrrole nitrogens is 1. The molecule has 1 N–H and O–H groups in total. The maximum absolute atomic E-state index is 5.34. The topological polar surface area (TPSA) is 46.5 Å². The summed E-state index contributed by atoms with van der Waals surface area (Å²) in [5.74, 6) is 0.925. The fraction of sp³-hybridized carbons (Fsp3) is 0.643. The lowest BCUT2D eigenvalue weighted by atomic mass is 9.98. The van der Waals surface area contributed by atoms with Crippen LogP contribution in [0.25, 0.3) is 10.7 Å². The van der Waals surface area contributed by atoms with Gasteiger partial charge in [-0.25, -0.2) is 4.98 Å². The van der Waals surface area contributed by atoms with Crippen LogP contribution in [0.2, 0.25) is 0 Å². The SMILES string of the molecule is CCCCn1c(-c2sc(C(C)(C)C)nc2C)n[nH]c1=S. The highest BCUT2D eigenvalue weighted by Gasteiger charge is 2.23. The molecule has 0 aliphatic rings. The van der Waals surface area contributed by atoms with E-state index in [9.17, 15) is 0 Å². The molecule has 0 bridgehead atoms. The Hall–Kier alpha value is -1.01. The number of unbranched alkanes of at least 4 members (excludes halogenated alkanes) is 1. The van der Waals surface area contributed by atoms with E-state index in [1.807, 2.05) is 6.92 Å². The van der Waals surface area contributed by atoms with E-state index in [2.05, 4.69) is 42.5 Å². The molecule has 0 aliphatic heterocycles. The van der Waals surface area contributed by atoms with Crippen molar-refractivity contribution in [2.24, 2.45) is 0 Å². The smallest absolute Gasteiger partial charge is 0.195 e. The van der Waals surface area contributed by atoms with Crippen LogP contribution in [0.15, 0.2) is 0 Å². The van der Waals surface area contributed by atoms with Gasteiger partial charge in [0.2, 0.25) is 0 Å². The zero-order valence-electron chi connectivity index (χ0n) is 12.8. The van der Waals surface area contributed by atoms with Gasteiger partial charge in [0.1, 0.15) is 0 Å². The number of nitrogens with zero attached hydrogens (tertiary/aromatic N) is 3. The van der Waals surface area contributed by atoms with Crippen molar-refractivity contribution < 1.29 is 0 Å². The molecule has 0 saturated carbocycles. The van der Waals surface area contributed by atoms with Crippen molar-refractivity contribution in [3.05, 3.63) is 15.5 Å². The zero-order chi connectivity index (χ0) is 14.9. The summed E-state index contributed by atoms with van der Waals surface area (Å²) in [6.07, 6.45) is 2.24. The van der Waals surface area contributed by atoms with Gasteiger partial charge in [0.05, 0.1) is 15.6 Å². The summed E-state index contributed by atoms with van der Waals surface area (Å²) in [6.45, 7) is 11.7. The molecule has 0 radical (unpaired) electrons. The Labute approximate surface area is 129 Å². The maximum Gasteiger partial charge on any atom is 0.195 e. The Morgan fingerprint density at radius 2 is 2.05 bits per heavy atom. The fourth-order valence-electron chi connectivity index (χ4n) is 1.94. The van der Waals surface area contributed by atoms with Gasteiger partial charge >= 0.3 is 0 Å². The number of hydrogen-bond donors (Lipinski definition) is 1. The lowest BCUT2D eigenvalue weighted by Crippen LogP contribution is -2.10. The molecular weight excluding hydrogens is 288 g/mol. The second-order valence-corrected chi connectivity index (χ2v) is 7.43. The number of hydrogen-bond acceptors (Lipinski definition) is 4. The summed E-state index contributed by atoms with van der Waals surface area (Å²) in [5, 5.41) is 8.47. The molecule has 0 saturated heterocycles. The van der Waals surface area contributed by atoms with Crippen LogP contribution in [-0.4, -0.2) is 19.7 Å². The van der Waals surface area contributed by atoms with Gasteiger partial charge in [-0.3, -0.25) is 9.67 Å². The summed E-state index contributed by atoms with van der Waals surface area (Å²) in [7, 11) is 0. The zero-order valence-corrected chi connectivity index (χ0v) is 14.4. The van der Waals surface area contributed by atoms with Crippen molar-refractivity contribution in [3.63, 3.8) is 0 Å². The third-order valence-electron chi connectivity index (χ3n) is 3.13. The first kappa shape index (κ1) is 15.4. The Morgan fingerprint density at radius 3 is 2.60 bits per heavy atom. The van der Waals surface area contributed by atoms with Crippen LogP contribution in [-0.2, 0) is 12.0 Å². The van der Waals surface area contributed by atoms with Gasteiger partial charge in [0, 0.05) is 12.0 Å². The van der Waals surface area contributed by atoms with Crippen molar-refractivity contribution >= 4 is 23.6 Å². The Balaban J connectivity index is 2.47. The van der Waals surface area contributed by atoms with Gasteiger partial charge in [-0.2, -0.15) is 5.10 Å². The Kier molecular flexibility index (Phi) is 4.44. The van der Waals surface area contributed by atoms with Crippen LogP contribution in [0.1, 0.15) is 51.2 Å². The molecule has 2 aromatic rings. The lowest BCUT2D eigenvalue weighted by molar-refractivity contribution is 0.584. The van der Waals surface area contributed by atoms with Crippen molar-refractivity contribution in [3.8, 4) is 10.7 Å². The fourth-order valence-corrected chi connectivity index (χ4v) is 3.29. The molecule has 4 nitrogen and oxygen atoms in total. The highest BCUT2D eigenvalue weighted by molar-refractivity contribution is 7.71. The number of nitrogens with one attached hydrogen (secondary N) is 1. The maximum atomic E-state index is 5.34. The van der Waals surface area contributed by atoms with Crippen molar-refractivity contribution in [1.29, 1.82) is 0 Å². The second kappa shape index (κ2) is 5.77. The average Bonchev–Trinajstić information content (AvgIpc) is 2.90. The summed E-state index contributed by atoms with van der Waals surface area (Å²) >= 11 is 7.06. The molecule has 2 rings (SSSR count). The molecule has 20 heavy (non-hydrogen) atoms. The van der Waals surface area contributed by atoms with Crippen LogP contribution in [0.4, 0.5) is 0 Å². The predicted molar refractivity (Wildman–Crippen MR) is 86.9 cm³/mol. The first-order valence-electron chi connectivity index (χ1n) is 6.98. The molecule has 110 valence electrons. The van der Waals surface area contributed by atoms with Crippen LogP contribution >= 0.6 is 23.6 Å². The number of rotatable bonds is 4. The predicted octanol–water partition coefficient (Wildman–Crippen LogP) is 4.47. The molecule has 0 aromatic carbocycles. The van der Waals surface area contributed by atoms with Crippen LogP contribution in [0, 0.1) is 11.7 Å². The standard InChI is InChI=1S/C14H22N4S2/c1-6-7-8-18-11(16-17-13(18)19)10-9(2)15-12(20-10)14(3,4)5/h6-8H2,1-5H3,(H,17,19). The lowest BCUT2D eigenvalue weighted by Gasteiger charge is -2.13. The molecule has 6 heteroatoms. The number of thiazole rings is 1. The Morgan fingerprint density at radius 1 is 1.35 bits per heavy atom. The largest absolute Gasteiger partial charge is 0.299 e. The monoisotopic (exact) mass is 310 g/mol. The first-order chi connectivity index (χ1) is 9.34. The molecule has 0 atom stereocenters.